The van der Waals surface area contributed by atoms with Crippen molar-refractivity contribution in [1.82, 2.24) is 10.7 Å². The SMILES string of the molecule is COc1ccc(CC(=O)NC(C)C(=O)NN=Cc2ccc(OCc3ccc(C)cc3)c(Br)c2)cc1. The highest BCUT2D eigenvalue weighted by molar-refractivity contribution is 9.10. The number of hydrogen-bond donors (Lipinski definition) is 2. The van der Waals surface area contributed by atoms with Crippen molar-refractivity contribution in [3.63, 3.8) is 0 Å². The monoisotopic (exact) mass is 537 g/mol. The summed E-state index contributed by atoms with van der Waals surface area (Å²) in [4.78, 5) is 24.5. The van der Waals surface area contributed by atoms with Gasteiger partial charge in [-0.15, -0.1) is 0 Å². The van der Waals surface area contributed by atoms with Crippen LogP contribution in [0.5, 0.6) is 11.5 Å². The molecule has 0 aliphatic rings. The van der Waals surface area contributed by atoms with Crippen molar-refractivity contribution in [2.45, 2.75) is 32.9 Å². The molecule has 35 heavy (non-hydrogen) atoms. The average molecular weight is 538 g/mol. The predicted octanol–water partition coefficient (Wildman–Crippen LogP) is 4.54. The molecule has 0 spiro atoms. The lowest BCUT2D eigenvalue weighted by Crippen LogP contribution is -2.43. The zero-order valence-electron chi connectivity index (χ0n) is 19.9. The van der Waals surface area contributed by atoms with Crippen LogP contribution in [0, 0.1) is 6.92 Å². The average Bonchev–Trinajstić information content (AvgIpc) is 2.85. The van der Waals surface area contributed by atoms with Gasteiger partial charge in [-0.25, -0.2) is 5.43 Å². The first kappa shape index (κ1) is 26.0. The van der Waals surface area contributed by atoms with Crippen LogP contribution in [-0.2, 0) is 22.6 Å². The summed E-state index contributed by atoms with van der Waals surface area (Å²) in [5, 5.41) is 6.67. The number of carbonyl (C=O) groups excluding carboxylic acids is 2. The Morgan fingerprint density at radius 2 is 1.71 bits per heavy atom. The van der Waals surface area contributed by atoms with E-state index >= 15 is 0 Å². The number of carbonyl (C=O) groups is 2. The molecule has 7 nitrogen and oxygen atoms in total. The smallest absolute Gasteiger partial charge is 0.262 e. The summed E-state index contributed by atoms with van der Waals surface area (Å²) < 4.78 is 11.8. The summed E-state index contributed by atoms with van der Waals surface area (Å²) in [5.41, 5.74) is 6.34. The number of nitrogens with one attached hydrogen (secondary N) is 2. The molecule has 1 unspecified atom stereocenters. The Morgan fingerprint density at radius 3 is 2.37 bits per heavy atom. The second-order valence-electron chi connectivity index (χ2n) is 8.01. The molecule has 3 aromatic carbocycles. The van der Waals surface area contributed by atoms with Crippen LogP contribution >= 0.6 is 15.9 Å². The Hall–Kier alpha value is -3.65. The summed E-state index contributed by atoms with van der Waals surface area (Å²) in [6, 6.07) is 20.2. The van der Waals surface area contributed by atoms with Gasteiger partial charge in [0.15, 0.2) is 0 Å². The molecule has 8 heteroatoms. The normalized spacial score (nSPS) is 11.7. The topological polar surface area (TPSA) is 89.0 Å². The number of amides is 2. The number of hydrazone groups is 1. The maximum atomic E-state index is 12.3. The number of halogens is 1. The molecule has 1 atom stereocenters. The molecule has 0 aliphatic heterocycles. The Kier molecular flexibility index (Phi) is 9.43. The van der Waals surface area contributed by atoms with Gasteiger partial charge in [0.1, 0.15) is 24.1 Å². The summed E-state index contributed by atoms with van der Waals surface area (Å²) in [6.45, 7) is 4.11. The summed E-state index contributed by atoms with van der Waals surface area (Å²) in [7, 11) is 1.58. The number of hydrogen-bond acceptors (Lipinski definition) is 5. The third-order valence-corrected chi connectivity index (χ3v) is 5.77. The van der Waals surface area contributed by atoms with Gasteiger partial charge in [-0.2, -0.15) is 5.10 Å². The summed E-state index contributed by atoms with van der Waals surface area (Å²) in [6.07, 6.45) is 1.69. The van der Waals surface area contributed by atoms with E-state index < -0.39 is 11.9 Å². The molecule has 0 aromatic heterocycles. The maximum absolute atomic E-state index is 12.3. The molecule has 0 saturated carbocycles. The highest BCUT2D eigenvalue weighted by Crippen LogP contribution is 2.26. The third kappa shape index (κ3) is 8.26. The van der Waals surface area contributed by atoms with Gasteiger partial charge < -0.3 is 14.8 Å². The van der Waals surface area contributed by atoms with E-state index in [1.807, 2.05) is 49.4 Å². The fourth-order valence-electron chi connectivity index (χ4n) is 3.11. The van der Waals surface area contributed by atoms with Crippen LogP contribution in [0.1, 0.15) is 29.2 Å². The lowest BCUT2D eigenvalue weighted by molar-refractivity contribution is -0.128. The van der Waals surface area contributed by atoms with E-state index in [1.165, 1.54) is 11.8 Å². The van der Waals surface area contributed by atoms with Crippen LogP contribution < -0.4 is 20.2 Å². The van der Waals surface area contributed by atoms with Gasteiger partial charge in [0.2, 0.25) is 5.91 Å². The van der Waals surface area contributed by atoms with Gasteiger partial charge in [-0.3, -0.25) is 9.59 Å². The first-order valence-electron chi connectivity index (χ1n) is 11.1. The van der Waals surface area contributed by atoms with Crippen LogP contribution in [0.2, 0.25) is 0 Å². The minimum Gasteiger partial charge on any atom is -0.497 e. The Balaban J connectivity index is 1.45. The predicted molar refractivity (Wildman–Crippen MR) is 140 cm³/mol. The lowest BCUT2D eigenvalue weighted by atomic mass is 10.1. The Labute approximate surface area is 213 Å². The highest BCUT2D eigenvalue weighted by Gasteiger charge is 2.15. The van der Waals surface area contributed by atoms with E-state index in [-0.39, 0.29) is 12.3 Å². The van der Waals surface area contributed by atoms with Crippen LogP contribution in [0.3, 0.4) is 0 Å². The maximum Gasteiger partial charge on any atom is 0.262 e. The number of aryl methyl sites for hydroxylation is 1. The van der Waals surface area contributed by atoms with Gasteiger partial charge in [-0.05, 0) is 76.8 Å². The van der Waals surface area contributed by atoms with Crippen molar-refractivity contribution >= 4 is 34.0 Å². The third-order valence-electron chi connectivity index (χ3n) is 5.15. The number of ether oxygens (including phenoxy) is 2. The standard InChI is InChI=1S/C27H28BrN3O4/c1-18-4-6-21(7-5-18)17-35-25-13-10-22(14-24(25)28)16-29-31-27(33)19(2)30-26(32)15-20-8-11-23(34-3)12-9-20/h4-14,16,19H,15,17H2,1-3H3,(H,30,32)(H,31,33). The van der Waals surface area contributed by atoms with Crippen LogP contribution in [-0.4, -0.2) is 31.2 Å². The minimum absolute atomic E-state index is 0.164. The molecule has 182 valence electrons. The molecule has 3 rings (SSSR count). The molecular formula is C27H28BrN3O4. The van der Waals surface area contributed by atoms with Gasteiger partial charge in [0.25, 0.3) is 5.91 Å². The van der Waals surface area contributed by atoms with E-state index in [0.717, 1.165) is 26.9 Å². The summed E-state index contributed by atoms with van der Waals surface area (Å²) in [5.74, 6) is 0.754. The van der Waals surface area contributed by atoms with Crippen molar-refractivity contribution < 1.29 is 19.1 Å². The second kappa shape index (κ2) is 12.7. The van der Waals surface area contributed by atoms with E-state index in [9.17, 15) is 9.59 Å². The fourth-order valence-corrected chi connectivity index (χ4v) is 3.62. The van der Waals surface area contributed by atoms with E-state index in [2.05, 4.69) is 43.9 Å². The van der Waals surface area contributed by atoms with Gasteiger partial charge in [0.05, 0.1) is 24.2 Å². The number of nitrogens with zero attached hydrogens (tertiary/aromatic N) is 1. The van der Waals surface area contributed by atoms with E-state index in [0.29, 0.717) is 12.4 Å². The largest absolute Gasteiger partial charge is 0.497 e. The van der Waals surface area contributed by atoms with Crippen molar-refractivity contribution in [1.29, 1.82) is 0 Å². The zero-order chi connectivity index (χ0) is 25.2. The van der Waals surface area contributed by atoms with Gasteiger partial charge in [0, 0.05) is 0 Å². The van der Waals surface area contributed by atoms with Crippen LogP contribution in [0.4, 0.5) is 0 Å². The van der Waals surface area contributed by atoms with Crippen molar-refractivity contribution in [2.75, 3.05) is 7.11 Å². The fraction of sp³-hybridized carbons (Fsp3) is 0.222. The first-order valence-corrected chi connectivity index (χ1v) is 11.9. The van der Waals surface area contributed by atoms with Crippen LogP contribution in [0.25, 0.3) is 0 Å². The first-order chi connectivity index (χ1) is 16.8. The molecule has 0 aliphatic carbocycles. The van der Waals surface area contributed by atoms with Crippen molar-refractivity contribution in [3.8, 4) is 11.5 Å². The zero-order valence-corrected chi connectivity index (χ0v) is 21.5. The lowest BCUT2D eigenvalue weighted by Gasteiger charge is -2.12. The molecule has 0 saturated heterocycles. The quantitative estimate of drug-likeness (QED) is 0.293. The molecule has 0 heterocycles. The number of benzene rings is 3. The number of methoxy groups -OCH3 is 1. The van der Waals surface area contributed by atoms with Crippen molar-refractivity contribution in [3.05, 3.63) is 93.5 Å². The van der Waals surface area contributed by atoms with Crippen molar-refractivity contribution in [2.24, 2.45) is 5.10 Å². The minimum atomic E-state index is -0.734. The molecule has 0 bridgehead atoms. The molecule has 0 fully saturated rings. The molecule has 2 amide bonds. The molecular weight excluding hydrogens is 510 g/mol. The second-order valence-corrected chi connectivity index (χ2v) is 8.87. The Morgan fingerprint density at radius 1 is 1.03 bits per heavy atom. The number of rotatable bonds is 10. The molecule has 2 N–H and O–H groups in total. The Bertz CT molecular complexity index is 1180. The highest BCUT2D eigenvalue weighted by atomic mass is 79.9. The van der Waals surface area contributed by atoms with Gasteiger partial charge >= 0.3 is 0 Å². The van der Waals surface area contributed by atoms with E-state index in [1.54, 1.807) is 26.2 Å². The van der Waals surface area contributed by atoms with Gasteiger partial charge in [-0.1, -0.05) is 42.0 Å². The molecule has 0 radical (unpaired) electrons. The van der Waals surface area contributed by atoms with E-state index in [4.69, 9.17) is 9.47 Å². The molecule has 3 aromatic rings. The van der Waals surface area contributed by atoms with Crippen LogP contribution in [0.15, 0.2) is 76.3 Å². The summed E-state index contributed by atoms with van der Waals surface area (Å²) >= 11 is 3.51.